The molecule has 2 unspecified atom stereocenters. The predicted molar refractivity (Wildman–Crippen MR) is 95.6 cm³/mol. The third kappa shape index (κ3) is 4.05. The lowest BCUT2D eigenvalue weighted by Gasteiger charge is -2.42. The van der Waals surface area contributed by atoms with Crippen molar-refractivity contribution in [2.45, 2.75) is 44.4 Å². The zero-order valence-corrected chi connectivity index (χ0v) is 16.4. The maximum atomic E-state index is 12.9. The summed E-state index contributed by atoms with van der Waals surface area (Å²) in [7, 11) is -3.54. The van der Waals surface area contributed by atoms with Crippen LogP contribution in [0.5, 0.6) is 0 Å². The number of carbonyl (C=O) groups is 1. The average molecular weight is 391 g/mol. The number of nitrogens with two attached hydrogens (primary N) is 1. The zero-order valence-electron chi connectivity index (χ0n) is 15.6. The molecule has 0 aromatic heterocycles. The molecule has 0 aliphatic carbocycles. The molecular weight excluding hydrogens is 360 g/mol. The topological polar surface area (TPSA) is 105 Å². The molecule has 0 spiro atoms. The van der Waals surface area contributed by atoms with Crippen LogP contribution in [0.15, 0.2) is 0 Å². The molecule has 3 saturated heterocycles. The molecule has 0 aromatic carbocycles. The summed E-state index contributed by atoms with van der Waals surface area (Å²) < 4.78 is 39.7. The summed E-state index contributed by atoms with van der Waals surface area (Å²) in [6, 6.07) is 0. The Balaban J connectivity index is 1.60. The first-order valence-electron chi connectivity index (χ1n) is 9.29. The molecule has 3 aliphatic rings. The van der Waals surface area contributed by atoms with E-state index in [9.17, 15) is 13.2 Å². The van der Waals surface area contributed by atoms with Crippen LogP contribution in [0.1, 0.15) is 26.7 Å². The van der Waals surface area contributed by atoms with Crippen molar-refractivity contribution in [2.75, 3.05) is 52.5 Å². The Hall–Kier alpha value is -0.780. The summed E-state index contributed by atoms with van der Waals surface area (Å²) in [5, 5.41) is 0. The van der Waals surface area contributed by atoms with E-state index in [-0.39, 0.29) is 18.1 Å². The van der Waals surface area contributed by atoms with E-state index >= 15 is 0 Å². The van der Waals surface area contributed by atoms with Crippen molar-refractivity contribution in [3.8, 4) is 0 Å². The van der Waals surface area contributed by atoms with Gasteiger partial charge in [-0.25, -0.2) is 0 Å². The van der Waals surface area contributed by atoms with Gasteiger partial charge in [0.2, 0.25) is 5.91 Å². The number of amides is 1. The van der Waals surface area contributed by atoms with Crippen LogP contribution in [0.4, 0.5) is 0 Å². The van der Waals surface area contributed by atoms with Crippen LogP contribution in [0.3, 0.4) is 0 Å². The maximum absolute atomic E-state index is 12.9. The molecule has 0 saturated carbocycles. The van der Waals surface area contributed by atoms with Gasteiger partial charge in [0.25, 0.3) is 10.2 Å². The number of nitrogens with zero attached hydrogens (tertiary/aromatic N) is 3. The normalized spacial score (nSPS) is 31.7. The molecule has 150 valence electrons. The van der Waals surface area contributed by atoms with Gasteiger partial charge in [0.05, 0.1) is 17.7 Å². The molecular formula is C16H30N4O5S. The van der Waals surface area contributed by atoms with Gasteiger partial charge in [-0.05, 0) is 26.7 Å². The fraction of sp³-hybridized carbons (Fsp3) is 0.938. The zero-order chi connectivity index (χ0) is 18.9. The second kappa shape index (κ2) is 7.69. The highest BCUT2D eigenvalue weighted by molar-refractivity contribution is 7.86. The van der Waals surface area contributed by atoms with Gasteiger partial charge < -0.3 is 20.1 Å². The van der Waals surface area contributed by atoms with Gasteiger partial charge in [-0.2, -0.15) is 17.0 Å². The van der Waals surface area contributed by atoms with Crippen LogP contribution >= 0.6 is 0 Å². The molecule has 26 heavy (non-hydrogen) atoms. The van der Waals surface area contributed by atoms with E-state index in [1.54, 1.807) is 4.90 Å². The van der Waals surface area contributed by atoms with Crippen LogP contribution in [-0.4, -0.2) is 98.1 Å². The molecule has 1 amide bonds. The van der Waals surface area contributed by atoms with Crippen molar-refractivity contribution in [3.63, 3.8) is 0 Å². The van der Waals surface area contributed by atoms with E-state index in [1.807, 2.05) is 13.8 Å². The van der Waals surface area contributed by atoms with E-state index in [4.69, 9.17) is 15.2 Å². The first-order valence-corrected chi connectivity index (χ1v) is 10.7. The van der Waals surface area contributed by atoms with Crippen molar-refractivity contribution < 1.29 is 22.7 Å². The Labute approximate surface area is 155 Å². The van der Waals surface area contributed by atoms with Gasteiger partial charge in [0, 0.05) is 52.5 Å². The van der Waals surface area contributed by atoms with Gasteiger partial charge in [0.1, 0.15) is 0 Å². The standard InChI is InChI=1S/C16H30N4O5S/c1-13-11-20(12-14(2)25-13)26(22,23)19-7-5-18(6-8-19)15(21)16(17)3-9-24-10-4-16/h13-14H,3-12,17H2,1-2H3. The van der Waals surface area contributed by atoms with E-state index < -0.39 is 15.7 Å². The molecule has 3 fully saturated rings. The van der Waals surface area contributed by atoms with E-state index in [0.717, 1.165) is 0 Å². The second-order valence-corrected chi connectivity index (χ2v) is 9.47. The van der Waals surface area contributed by atoms with Gasteiger partial charge in [-0.3, -0.25) is 4.79 Å². The number of piperazine rings is 1. The van der Waals surface area contributed by atoms with Crippen LogP contribution in [0, 0.1) is 0 Å². The number of ether oxygens (including phenoxy) is 2. The second-order valence-electron chi connectivity index (χ2n) is 7.54. The number of morpholine rings is 1. The van der Waals surface area contributed by atoms with Crippen LogP contribution in [0.25, 0.3) is 0 Å². The average Bonchev–Trinajstić information content (AvgIpc) is 2.61. The minimum absolute atomic E-state index is 0.0912. The smallest absolute Gasteiger partial charge is 0.282 e. The Morgan fingerprint density at radius 2 is 1.54 bits per heavy atom. The SMILES string of the molecule is CC1CN(S(=O)(=O)N2CCN(C(=O)C3(N)CCOCC3)CC2)CC(C)O1. The number of rotatable bonds is 3. The minimum Gasteiger partial charge on any atom is -0.381 e. The van der Waals surface area contributed by atoms with Crippen molar-refractivity contribution >= 4 is 16.1 Å². The monoisotopic (exact) mass is 390 g/mol. The van der Waals surface area contributed by atoms with Gasteiger partial charge >= 0.3 is 0 Å². The Bertz CT molecular complexity index is 604. The fourth-order valence-electron chi connectivity index (χ4n) is 3.87. The van der Waals surface area contributed by atoms with Gasteiger partial charge in [0.15, 0.2) is 0 Å². The van der Waals surface area contributed by atoms with E-state index in [1.165, 1.54) is 8.61 Å². The quantitative estimate of drug-likeness (QED) is 0.662. The summed E-state index contributed by atoms with van der Waals surface area (Å²) in [5.74, 6) is -0.0912. The summed E-state index contributed by atoms with van der Waals surface area (Å²) in [6.07, 6.45) is 0.769. The third-order valence-corrected chi connectivity index (χ3v) is 7.34. The van der Waals surface area contributed by atoms with E-state index in [2.05, 4.69) is 0 Å². The molecule has 3 rings (SSSR count). The largest absolute Gasteiger partial charge is 0.381 e. The first kappa shape index (κ1) is 20.0. The fourth-order valence-corrected chi connectivity index (χ4v) is 5.62. The lowest BCUT2D eigenvalue weighted by molar-refractivity contribution is -0.141. The summed E-state index contributed by atoms with van der Waals surface area (Å²) in [4.78, 5) is 14.5. The minimum atomic E-state index is -3.54. The van der Waals surface area contributed by atoms with Gasteiger partial charge in [-0.1, -0.05) is 0 Å². The van der Waals surface area contributed by atoms with Crippen LogP contribution in [-0.2, 0) is 24.5 Å². The van der Waals surface area contributed by atoms with Crippen molar-refractivity contribution in [3.05, 3.63) is 0 Å². The highest BCUT2D eigenvalue weighted by atomic mass is 32.2. The number of hydrogen-bond donors (Lipinski definition) is 1. The molecule has 3 heterocycles. The Kier molecular flexibility index (Phi) is 5.90. The highest BCUT2D eigenvalue weighted by Gasteiger charge is 2.42. The van der Waals surface area contributed by atoms with Crippen molar-refractivity contribution in [1.29, 1.82) is 0 Å². The molecule has 0 radical (unpaired) electrons. The molecule has 0 bridgehead atoms. The van der Waals surface area contributed by atoms with E-state index in [0.29, 0.717) is 65.3 Å². The molecule has 2 N–H and O–H groups in total. The molecule has 0 aromatic rings. The predicted octanol–water partition coefficient (Wildman–Crippen LogP) is -1.01. The third-order valence-electron chi connectivity index (χ3n) is 5.38. The summed E-state index contributed by atoms with van der Waals surface area (Å²) in [6.45, 7) is 6.78. The van der Waals surface area contributed by atoms with Crippen molar-refractivity contribution in [2.24, 2.45) is 5.73 Å². The maximum Gasteiger partial charge on any atom is 0.282 e. The molecule has 10 heteroatoms. The lowest BCUT2D eigenvalue weighted by Crippen LogP contribution is -2.63. The summed E-state index contributed by atoms with van der Waals surface area (Å²) in [5.41, 5.74) is 5.40. The van der Waals surface area contributed by atoms with Crippen LogP contribution in [0.2, 0.25) is 0 Å². The molecule has 3 aliphatic heterocycles. The summed E-state index contributed by atoms with van der Waals surface area (Å²) >= 11 is 0. The Morgan fingerprint density at radius 3 is 2.08 bits per heavy atom. The molecule has 2 atom stereocenters. The first-order chi connectivity index (χ1) is 12.2. The number of carbonyl (C=O) groups excluding carboxylic acids is 1. The van der Waals surface area contributed by atoms with Crippen LogP contribution < -0.4 is 5.73 Å². The Morgan fingerprint density at radius 1 is 1.00 bits per heavy atom. The highest BCUT2D eigenvalue weighted by Crippen LogP contribution is 2.23. The lowest BCUT2D eigenvalue weighted by atomic mass is 9.89. The number of hydrogen-bond acceptors (Lipinski definition) is 6. The van der Waals surface area contributed by atoms with Crippen molar-refractivity contribution in [1.82, 2.24) is 13.5 Å². The molecule has 9 nitrogen and oxygen atoms in total. The van der Waals surface area contributed by atoms with Gasteiger partial charge in [-0.15, -0.1) is 0 Å².